The van der Waals surface area contributed by atoms with E-state index in [1.165, 1.54) is 30.3 Å². The number of carbonyl (C=O) groups excluding carboxylic acids is 4. The molecule has 1 N–H and O–H groups in total. The number of amides is 4. The number of ether oxygens (including phenoxy) is 1. The Morgan fingerprint density at radius 1 is 1.09 bits per heavy atom. The van der Waals surface area contributed by atoms with Crippen LogP contribution >= 0.6 is 11.8 Å². The number of hydrogen-bond acceptors (Lipinski definition) is 6. The molecule has 0 aliphatic carbocycles. The fourth-order valence-electron chi connectivity index (χ4n) is 3.55. The molecule has 176 valence electrons. The minimum absolute atomic E-state index is 0.0235. The molecule has 2 heterocycles. The van der Waals surface area contributed by atoms with Crippen LogP contribution in [0.5, 0.6) is 5.75 Å². The fraction of sp³-hybridized carbons (Fsp3) is 0.250. The molecule has 10 heteroatoms. The Morgan fingerprint density at radius 2 is 1.82 bits per heavy atom. The van der Waals surface area contributed by atoms with Crippen LogP contribution in [0.25, 0.3) is 6.08 Å². The van der Waals surface area contributed by atoms with E-state index in [1.54, 1.807) is 29.2 Å². The monoisotopic (exact) mass is 483 g/mol. The van der Waals surface area contributed by atoms with Gasteiger partial charge in [-0.15, -0.1) is 0 Å². The Hall–Kier alpha value is -3.66. The molecule has 0 aromatic heterocycles. The van der Waals surface area contributed by atoms with Gasteiger partial charge in [0.25, 0.3) is 17.1 Å². The Kier molecular flexibility index (Phi) is 7.27. The molecule has 0 bridgehead atoms. The van der Waals surface area contributed by atoms with Crippen LogP contribution in [0.2, 0.25) is 0 Å². The van der Waals surface area contributed by atoms with E-state index >= 15 is 0 Å². The van der Waals surface area contributed by atoms with Crippen molar-refractivity contribution in [3.8, 4) is 5.75 Å². The van der Waals surface area contributed by atoms with Crippen molar-refractivity contribution in [3.63, 3.8) is 0 Å². The van der Waals surface area contributed by atoms with E-state index in [4.69, 9.17) is 4.74 Å². The van der Waals surface area contributed by atoms with Crippen LogP contribution in [0, 0.1) is 5.82 Å². The highest BCUT2D eigenvalue weighted by Crippen LogP contribution is 2.32. The van der Waals surface area contributed by atoms with E-state index in [1.807, 2.05) is 0 Å². The summed E-state index contributed by atoms with van der Waals surface area (Å²) in [6.45, 7) is 0.579. The first-order valence-corrected chi connectivity index (χ1v) is 11.5. The number of thioether (sulfide) groups is 1. The lowest BCUT2D eigenvalue weighted by atomic mass is 10.2. The summed E-state index contributed by atoms with van der Waals surface area (Å²) in [5.74, 6) is -0.656. The summed E-state index contributed by atoms with van der Waals surface area (Å²) in [6.07, 6.45) is 2.93. The second kappa shape index (κ2) is 10.5. The predicted octanol–water partition coefficient (Wildman–Crippen LogP) is 3.18. The first-order valence-electron chi connectivity index (χ1n) is 10.7. The molecule has 2 saturated heterocycles. The zero-order valence-corrected chi connectivity index (χ0v) is 19.0. The maximum absolute atomic E-state index is 13.0. The molecule has 34 heavy (non-hydrogen) atoms. The molecule has 2 aliphatic heterocycles. The van der Waals surface area contributed by atoms with Gasteiger partial charge in [0.05, 0.1) is 4.91 Å². The summed E-state index contributed by atoms with van der Waals surface area (Å²) in [4.78, 5) is 51.6. The molecular formula is C24H22FN3O5S. The Labute approximate surface area is 199 Å². The van der Waals surface area contributed by atoms with Crippen molar-refractivity contribution >= 4 is 46.5 Å². The van der Waals surface area contributed by atoms with Crippen molar-refractivity contribution in [2.75, 3.05) is 31.1 Å². The number of carbonyl (C=O) groups is 4. The van der Waals surface area contributed by atoms with Crippen LogP contribution in [0.1, 0.15) is 18.4 Å². The predicted molar refractivity (Wildman–Crippen MR) is 126 cm³/mol. The van der Waals surface area contributed by atoms with Crippen LogP contribution in [0.3, 0.4) is 0 Å². The lowest BCUT2D eigenvalue weighted by molar-refractivity contribution is -0.125. The van der Waals surface area contributed by atoms with Crippen molar-refractivity contribution in [2.45, 2.75) is 12.8 Å². The molecule has 0 atom stereocenters. The van der Waals surface area contributed by atoms with Crippen LogP contribution < -0.4 is 15.0 Å². The number of halogens is 1. The molecule has 0 saturated carbocycles. The maximum atomic E-state index is 13.0. The van der Waals surface area contributed by atoms with Gasteiger partial charge >= 0.3 is 0 Å². The Balaban J connectivity index is 1.21. The third kappa shape index (κ3) is 5.63. The molecule has 0 spiro atoms. The molecule has 4 amide bonds. The quantitative estimate of drug-likeness (QED) is 0.580. The molecule has 0 radical (unpaired) electrons. The van der Waals surface area contributed by atoms with Crippen LogP contribution in [0.4, 0.5) is 14.9 Å². The van der Waals surface area contributed by atoms with Crippen molar-refractivity contribution in [1.29, 1.82) is 0 Å². The number of imide groups is 1. The van der Waals surface area contributed by atoms with E-state index in [9.17, 15) is 23.6 Å². The number of nitrogens with one attached hydrogen (secondary N) is 1. The highest BCUT2D eigenvalue weighted by molar-refractivity contribution is 8.18. The van der Waals surface area contributed by atoms with Gasteiger partial charge in [-0.3, -0.25) is 24.1 Å². The molecule has 2 aliphatic rings. The van der Waals surface area contributed by atoms with Crippen LogP contribution in [-0.2, 0) is 14.4 Å². The second-order valence-corrected chi connectivity index (χ2v) is 8.66. The smallest absolute Gasteiger partial charge is 0.293 e. The van der Waals surface area contributed by atoms with E-state index in [0.29, 0.717) is 24.3 Å². The minimum atomic E-state index is -0.457. The van der Waals surface area contributed by atoms with E-state index in [-0.39, 0.29) is 36.3 Å². The second-order valence-electron chi connectivity index (χ2n) is 7.67. The van der Waals surface area contributed by atoms with Gasteiger partial charge < -0.3 is 15.0 Å². The van der Waals surface area contributed by atoms with E-state index in [0.717, 1.165) is 28.8 Å². The Morgan fingerprint density at radius 3 is 2.50 bits per heavy atom. The molecular weight excluding hydrogens is 461 g/mol. The molecule has 2 fully saturated rings. The lowest BCUT2D eigenvalue weighted by Gasteiger charge is -2.16. The minimum Gasteiger partial charge on any atom is -0.484 e. The molecule has 8 nitrogen and oxygen atoms in total. The summed E-state index contributed by atoms with van der Waals surface area (Å²) in [5.41, 5.74) is 1.40. The van der Waals surface area contributed by atoms with Crippen LogP contribution in [-0.4, -0.2) is 54.1 Å². The largest absolute Gasteiger partial charge is 0.484 e. The summed E-state index contributed by atoms with van der Waals surface area (Å²) < 4.78 is 18.5. The summed E-state index contributed by atoms with van der Waals surface area (Å²) in [5, 5.41) is 2.19. The van der Waals surface area contributed by atoms with Crippen molar-refractivity contribution < 1.29 is 28.3 Å². The number of anilines is 1. The topological polar surface area (TPSA) is 96.0 Å². The average molecular weight is 484 g/mol. The van der Waals surface area contributed by atoms with E-state index in [2.05, 4.69) is 5.32 Å². The summed E-state index contributed by atoms with van der Waals surface area (Å²) in [7, 11) is 0. The first-order chi connectivity index (χ1) is 16.4. The molecule has 4 rings (SSSR count). The standard InChI is InChI=1S/C24H22FN3O5S/c25-17-5-3-16(4-6-17)14-20-23(31)28(24(32)34-20)13-11-26-21(29)15-33-19-9-7-18(8-10-19)27-12-1-2-22(27)30/h3-10,14H,1-2,11-13,15H2,(H,26,29)/b20-14-. The third-order valence-corrected chi connectivity index (χ3v) is 6.20. The number of benzene rings is 2. The molecule has 2 aromatic rings. The van der Waals surface area contributed by atoms with Crippen molar-refractivity contribution in [2.24, 2.45) is 0 Å². The van der Waals surface area contributed by atoms with E-state index < -0.39 is 17.1 Å². The third-order valence-electron chi connectivity index (χ3n) is 5.29. The lowest BCUT2D eigenvalue weighted by Crippen LogP contribution is -2.38. The summed E-state index contributed by atoms with van der Waals surface area (Å²) in [6, 6.07) is 12.5. The van der Waals surface area contributed by atoms with Gasteiger partial charge in [0.1, 0.15) is 11.6 Å². The normalized spacial score (nSPS) is 17.1. The van der Waals surface area contributed by atoms with Gasteiger partial charge in [-0.1, -0.05) is 12.1 Å². The first kappa shape index (κ1) is 23.5. The van der Waals surface area contributed by atoms with Gasteiger partial charge in [-0.2, -0.15) is 0 Å². The number of rotatable bonds is 8. The van der Waals surface area contributed by atoms with Gasteiger partial charge in [-0.05, 0) is 66.2 Å². The highest BCUT2D eigenvalue weighted by atomic mass is 32.2. The van der Waals surface area contributed by atoms with Crippen LogP contribution in [0.15, 0.2) is 53.4 Å². The van der Waals surface area contributed by atoms with Gasteiger partial charge in [0.15, 0.2) is 6.61 Å². The number of nitrogens with zero attached hydrogens (tertiary/aromatic N) is 2. The molecule has 2 aromatic carbocycles. The van der Waals surface area contributed by atoms with Crippen molar-refractivity contribution in [3.05, 3.63) is 64.8 Å². The zero-order valence-electron chi connectivity index (χ0n) is 18.2. The maximum Gasteiger partial charge on any atom is 0.293 e. The highest BCUT2D eigenvalue weighted by Gasteiger charge is 2.34. The zero-order chi connectivity index (χ0) is 24.1. The van der Waals surface area contributed by atoms with Crippen molar-refractivity contribution in [1.82, 2.24) is 10.2 Å². The van der Waals surface area contributed by atoms with Gasteiger partial charge in [-0.25, -0.2) is 4.39 Å². The average Bonchev–Trinajstić information content (AvgIpc) is 3.37. The fourth-order valence-corrected chi connectivity index (χ4v) is 4.42. The number of hydrogen-bond donors (Lipinski definition) is 1. The van der Waals surface area contributed by atoms with Gasteiger partial charge in [0, 0.05) is 31.7 Å². The van der Waals surface area contributed by atoms with Gasteiger partial charge in [0.2, 0.25) is 5.91 Å². The SMILES string of the molecule is O=C(COc1ccc(N2CCCC2=O)cc1)NCCN1C(=O)S/C(=C\c2ccc(F)cc2)C1=O. The Bertz CT molecular complexity index is 1130. The molecule has 0 unspecified atom stereocenters. The summed E-state index contributed by atoms with van der Waals surface area (Å²) >= 11 is 0.800.